The average molecular weight is 271 g/mol. The van der Waals surface area contributed by atoms with Gasteiger partial charge in [-0.1, -0.05) is 17.7 Å². The SMILES string of the molecule is CC(CN(C)C)NCC(C)Oc1cccc(Cl)c1. The molecule has 0 aromatic heterocycles. The summed E-state index contributed by atoms with van der Waals surface area (Å²) in [5, 5.41) is 4.15. The standard InChI is InChI=1S/C14H23ClN2O/c1-11(10-17(3)4)16-9-12(2)18-14-7-5-6-13(15)8-14/h5-8,11-12,16H,9-10H2,1-4H3. The van der Waals surface area contributed by atoms with Crippen molar-refractivity contribution >= 4 is 11.6 Å². The highest BCUT2D eigenvalue weighted by Crippen LogP contribution is 2.18. The Labute approximate surface area is 115 Å². The zero-order chi connectivity index (χ0) is 13.5. The predicted molar refractivity (Wildman–Crippen MR) is 77.6 cm³/mol. The van der Waals surface area contributed by atoms with Gasteiger partial charge in [0.05, 0.1) is 0 Å². The topological polar surface area (TPSA) is 24.5 Å². The van der Waals surface area contributed by atoms with Gasteiger partial charge in [0.15, 0.2) is 0 Å². The van der Waals surface area contributed by atoms with Gasteiger partial charge in [-0.05, 0) is 46.1 Å². The van der Waals surface area contributed by atoms with Gasteiger partial charge in [0.2, 0.25) is 0 Å². The van der Waals surface area contributed by atoms with Crippen molar-refractivity contribution in [1.82, 2.24) is 10.2 Å². The maximum absolute atomic E-state index is 5.91. The highest BCUT2D eigenvalue weighted by atomic mass is 35.5. The van der Waals surface area contributed by atoms with Crippen molar-refractivity contribution in [1.29, 1.82) is 0 Å². The highest BCUT2D eigenvalue weighted by Gasteiger charge is 2.07. The molecule has 102 valence electrons. The Morgan fingerprint density at radius 2 is 2.06 bits per heavy atom. The van der Waals surface area contributed by atoms with Gasteiger partial charge >= 0.3 is 0 Å². The smallest absolute Gasteiger partial charge is 0.121 e. The summed E-state index contributed by atoms with van der Waals surface area (Å²) in [5.41, 5.74) is 0. The number of hydrogen-bond donors (Lipinski definition) is 1. The number of halogens is 1. The lowest BCUT2D eigenvalue weighted by Crippen LogP contribution is -2.40. The van der Waals surface area contributed by atoms with Crippen molar-refractivity contribution in [2.45, 2.75) is 26.0 Å². The summed E-state index contributed by atoms with van der Waals surface area (Å²) in [6.45, 7) is 6.06. The molecule has 0 heterocycles. The second-order valence-electron chi connectivity index (χ2n) is 4.96. The van der Waals surface area contributed by atoms with Crippen LogP contribution in [0.3, 0.4) is 0 Å². The van der Waals surface area contributed by atoms with Crippen LogP contribution < -0.4 is 10.1 Å². The van der Waals surface area contributed by atoms with Crippen LogP contribution in [0.15, 0.2) is 24.3 Å². The second kappa shape index (κ2) is 7.62. The summed E-state index contributed by atoms with van der Waals surface area (Å²) in [7, 11) is 4.15. The van der Waals surface area contributed by atoms with Crippen LogP contribution in [0, 0.1) is 0 Å². The van der Waals surface area contributed by atoms with Crippen LogP contribution in [0.2, 0.25) is 5.02 Å². The van der Waals surface area contributed by atoms with Crippen molar-refractivity contribution in [2.75, 3.05) is 27.2 Å². The summed E-state index contributed by atoms with van der Waals surface area (Å²) in [5.74, 6) is 0.817. The van der Waals surface area contributed by atoms with Crippen molar-refractivity contribution in [3.8, 4) is 5.75 Å². The molecule has 1 aromatic rings. The first kappa shape index (κ1) is 15.3. The Kier molecular flexibility index (Phi) is 6.47. The summed E-state index contributed by atoms with van der Waals surface area (Å²) < 4.78 is 5.79. The summed E-state index contributed by atoms with van der Waals surface area (Å²) in [4.78, 5) is 2.17. The van der Waals surface area contributed by atoms with Crippen molar-refractivity contribution in [2.24, 2.45) is 0 Å². The summed E-state index contributed by atoms with van der Waals surface area (Å²) in [6.07, 6.45) is 0.119. The molecule has 0 saturated carbocycles. The lowest BCUT2D eigenvalue weighted by Gasteiger charge is -2.21. The normalized spacial score (nSPS) is 14.6. The molecule has 2 atom stereocenters. The Balaban J connectivity index is 2.31. The second-order valence-corrected chi connectivity index (χ2v) is 5.39. The number of ether oxygens (including phenoxy) is 1. The van der Waals surface area contributed by atoms with Crippen LogP contribution in [0.1, 0.15) is 13.8 Å². The molecule has 0 spiro atoms. The minimum absolute atomic E-state index is 0.119. The van der Waals surface area contributed by atoms with Gasteiger partial charge < -0.3 is 15.0 Å². The lowest BCUT2D eigenvalue weighted by atomic mass is 10.3. The zero-order valence-corrected chi connectivity index (χ0v) is 12.4. The maximum atomic E-state index is 5.91. The van der Waals surface area contributed by atoms with Crippen molar-refractivity contribution < 1.29 is 4.74 Å². The number of nitrogens with one attached hydrogen (secondary N) is 1. The monoisotopic (exact) mass is 270 g/mol. The van der Waals surface area contributed by atoms with Crippen LogP contribution in [0.25, 0.3) is 0 Å². The molecular weight excluding hydrogens is 248 g/mol. The van der Waals surface area contributed by atoms with Crippen LogP contribution >= 0.6 is 11.6 Å². The highest BCUT2D eigenvalue weighted by molar-refractivity contribution is 6.30. The zero-order valence-electron chi connectivity index (χ0n) is 11.6. The molecule has 0 aliphatic heterocycles. The fourth-order valence-corrected chi connectivity index (χ4v) is 1.97. The van der Waals surface area contributed by atoms with E-state index in [2.05, 4.69) is 38.2 Å². The molecule has 4 heteroatoms. The van der Waals surface area contributed by atoms with Gasteiger partial charge in [-0.25, -0.2) is 0 Å². The van der Waals surface area contributed by atoms with E-state index in [4.69, 9.17) is 16.3 Å². The molecule has 18 heavy (non-hydrogen) atoms. The van der Waals surface area contributed by atoms with Crippen LogP contribution in [0.5, 0.6) is 5.75 Å². The van der Waals surface area contributed by atoms with Crippen molar-refractivity contribution in [3.63, 3.8) is 0 Å². The minimum atomic E-state index is 0.119. The van der Waals surface area contributed by atoms with Crippen molar-refractivity contribution in [3.05, 3.63) is 29.3 Å². The Morgan fingerprint density at radius 1 is 1.33 bits per heavy atom. The van der Waals surface area contributed by atoms with E-state index in [0.29, 0.717) is 11.1 Å². The molecule has 0 saturated heterocycles. The summed E-state index contributed by atoms with van der Waals surface area (Å²) in [6, 6.07) is 7.95. The molecule has 1 rings (SSSR count). The van der Waals surface area contributed by atoms with E-state index in [9.17, 15) is 0 Å². The Bertz CT molecular complexity index is 357. The van der Waals surface area contributed by atoms with Gasteiger partial charge in [-0.2, -0.15) is 0 Å². The lowest BCUT2D eigenvalue weighted by molar-refractivity contribution is 0.208. The quantitative estimate of drug-likeness (QED) is 0.824. The summed E-state index contributed by atoms with van der Waals surface area (Å²) >= 11 is 5.91. The average Bonchev–Trinajstić information content (AvgIpc) is 2.25. The third-order valence-electron chi connectivity index (χ3n) is 2.53. The van der Waals surface area contributed by atoms with Gasteiger partial charge in [-0.15, -0.1) is 0 Å². The molecule has 1 N–H and O–H groups in total. The number of rotatable bonds is 7. The molecule has 1 aromatic carbocycles. The van der Waals surface area contributed by atoms with E-state index >= 15 is 0 Å². The fourth-order valence-electron chi connectivity index (χ4n) is 1.79. The first-order valence-corrected chi connectivity index (χ1v) is 6.65. The molecular formula is C14H23ClN2O. The van der Waals surface area contributed by atoms with E-state index in [1.54, 1.807) is 0 Å². The molecule has 0 fully saturated rings. The Morgan fingerprint density at radius 3 is 2.67 bits per heavy atom. The largest absolute Gasteiger partial charge is 0.489 e. The molecule has 0 aliphatic carbocycles. The van der Waals surface area contributed by atoms with Gasteiger partial charge in [0.1, 0.15) is 11.9 Å². The fraction of sp³-hybridized carbons (Fsp3) is 0.571. The van der Waals surface area contributed by atoms with Crippen LogP contribution in [-0.2, 0) is 0 Å². The Hall–Kier alpha value is -0.770. The first-order valence-electron chi connectivity index (χ1n) is 6.27. The third-order valence-corrected chi connectivity index (χ3v) is 2.76. The molecule has 3 nitrogen and oxygen atoms in total. The number of hydrogen-bond acceptors (Lipinski definition) is 3. The first-order chi connectivity index (χ1) is 8.47. The number of likely N-dealkylation sites (N-methyl/N-ethyl adjacent to an activating group) is 1. The van der Waals surface area contributed by atoms with Gasteiger partial charge in [0, 0.05) is 24.2 Å². The van der Waals surface area contributed by atoms with Crippen LogP contribution in [-0.4, -0.2) is 44.2 Å². The van der Waals surface area contributed by atoms with E-state index < -0.39 is 0 Å². The van der Waals surface area contributed by atoms with E-state index in [1.807, 2.05) is 24.3 Å². The van der Waals surface area contributed by atoms with Gasteiger partial charge in [-0.3, -0.25) is 0 Å². The predicted octanol–water partition coefficient (Wildman–Crippen LogP) is 2.65. The van der Waals surface area contributed by atoms with Crippen LogP contribution in [0.4, 0.5) is 0 Å². The molecule has 0 amide bonds. The number of nitrogens with zero attached hydrogens (tertiary/aromatic N) is 1. The van der Waals surface area contributed by atoms with Gasteiger partial charge in [0.25, 0.3) is 0 Å². The van der Waals surface area contributed by atoms with E-state index in [-0.39, 0.29) is 6.10 Å². The minimum Gasteiger partial charge on any atom is -0.489 e. The maximum Gasteiger partial charge on any atom is 0.121 e. The molecule has 0 radical (unpaired) electrons. The van der Waals surface area contributed by atoms with E-state index in [1.165, 1.54) is 0 Å². The molecule has 0 aliphatic rings. The third kappa shape index (κ3) is 6.24. The molecule has 0 bridgehead atoms. The van der Waals surface area contributed by atoms with E-state index in [0.717, 1.165) is 18.8 Å². The molecule has 2 unspecified atom stereocenters. The number of benzene rings is 1.